The molecule has 0 unspecified atom stereocenters. The molecule has 0 saturated heterocycles. The number of hydrogen-bond donors (Lipinski definition) is 0. The molecule has 0 aromatic heterocycles. The van der Waals surface area contributed by atoms with Crippen molar-refractivity contribution in [1.82, 2.24) is 0 Å². The monoisotopic (exact) mass is 464 g/mol. The molecular formula is C31H28O4. The molecule has 0 spiro atoms. The molecule has 1 aliphatic heterocycles. The Morgan fingerprint density at radius 2 is 1.63 bits per heavy atom. The van der Waals surface area contributed by atoms with Gasteiger partial charge in [0.15, 0.2) is 5.60 Å². The van der Waals surface area contributed by atoms with Crippen LogP contribution in [0.4, 0.5) is 0 Å². The molecule has 4 heteroatoms. The lowest BCUT2D eigenvalue weighted by atomic mass is 9.81. The number of carbonyl (C=O) groups excluding carboxylic acids is 1. The van der Waals surface area contributed by atoms with E-state index in [9.17, 15) is 4.79 Å². The second-order valence-electron chi connectivity index (χ2n) is 9.15. The van der Waals surface area contributed by atoms with Crippen LogP contribution in [0.3, 0.4) is 0 Å². The van der Waals surface area contributed by atoms with E-state index in [4.69, 9.17) is 14.2 Å². The SMILES string of the molecule is COc1ccc([C@@]2(c3ccccc3C)C=Cc3c(ccc4ccc(OC(=O)C(C)C)cc34)O2)cc1. The maximum absolute atomic E-state index is 12.1. The van der Waals surface area contributed by atoms with Gasteiger partial charge in [0.2, 0.25) is 0 Å². The Kier molecular flexibility index (Phi) is 5.81. The molecule has 1 aliphatic rings. The zero-order valence-corrected chi connectivity index (χ0v) is 20.4. The highest BCUT2D eigenvalue weighted by Crippen LogP contribution is 2.45. The van der Waals surface area contributed by atoms with E-state index >= 15 is 0 Å². The largest absolute Gasteiger partial charge is 0.497 e. The van der Waals surface area contributed by atoms with Gasteiger partial charge in [-0.3, -0.25) is 4.79 Å². The molecule has 4 aromatic carbocycles. The van der Waals surface area contributed by atoms with Crippen molar-refractivity contribution in [3.05, 3.63) is 107 Å². The van der Waals surface area contributed by atoms with Crippen LogP contribution in [-0.2, 0) is 10.4 Å². The van der Waals surface area contributed by atoms with Crippen LogP contribution in [0, 0.1) is 12.8 Å². The van der Waals surface area contributed by atoms with E-state index in [1.807, 2.05) is 80.6 Å². The molecule has 176 valence electrons. The molecule has 1 heterocycles. The standard InChI is InChI=1S/C31H28O4/c1-20(2)30(32)34-25-13-9-22-10-16-29-26(27(22)19-25)17-18-31(35-29,28-8-6-5-7-21(28)3)23-11-14-24(33-4)15-12-23/h5-20H,1-4H3/t31-/m1/s1. The summed E-state index contributed by atoms with van der Waals surface area (Å²) in [4.78, 5) is 12.1. The smallest absolute Gasteiger partial charge is 0.313 e. The second-order valence-corrected chi connectivity index (χ2v) is 9.15. The van der Waals surface area contributed by atoms with E-state index in [1.165, 1.54) is 0 Å². The fourth-order valence-electron chi connectivity index (χ4n) is 4.55. The number of methoxy groups -OCH3 is 1. The zero-order valence-electron chi connectivity index (χ0n) is 20.4. The van der Waals surface area contributed by atoms with Gasteiger partial charge < -0.3 is 14.2 Å². The number of esters is 1. The predicted molar refractivity (Wildman–Crippen MR) is 139 cm³/mol. The number of hydrogen-bond acceptors (Lipinski definition) is 4. The molecule has 0 fully saturated rings. The molecule has 0 amide bonds. The number of benzene rings is 4. The average Bonchev–Trinajstić information content (AvgIpc) is 2.88. The van der Waals surface area contributed by atoms with Crippen LogP contribution >= 0.6 is 0 Å². The first-order chi connectivity index (χ1) is 16.9. The highest BCUT2D eigenvalue weighted by molar-refractivity contribution is 5.95. The topological polar surface area (TPSA) is 44.8 Å². The Hall–Kier alpha value is -4.05. The molecule has 0 radical (unpaired) electrons. The van der Waals surface area contributed by atoms with Crippen molar-refractivity contribution in [2.45, 2.75) is 26.4 Å². The lowest BCUT2D eigenvalue weighted by molar-refractivity contribution is -0.137. The summed E-state index contributed by atoms with van der Waals surface area (Å²) in [5.41, 5.74) is 3.39. The van der Waals surface area contributed by atoms with Crippen LogP contribution in [0.15, 0.2) is 84.9 Å². The van der Waals surface area contributed by atoms with Gasteiger partial charge in [0.25, 0.3) is 0 Å². The third-order valence-electron chi connectivity index (χ3n) is 6.50. The van der Waals surface area contributed by atoms with Crippen LogP contribution in [0.25, 0.3) is 16.8 Å². The first kappa shape index (κ1) is 22.7. The maximum Gasteiger partial charge on any atom is 0.313 e. The lowest BCUT2D eigenvalue weighted by Crippen LogP contribution is -2.35. The van der Waals surface area contributed by atoms with Crippen molar-refractivity contribution >= 4 is 22.8 Å². The maximum atomic E-state index is 12.1. The van der Waals surface area contributed by atoms with Crippen LogP contribution < -0.4 is 14.2 Å². The van der Waals surface area contributed by atoms with Gasteiger partial charge in [0.1, 0.15) is 17.2 Å². The number of aryl methyl sites for hydroxylation is 1. The van der Waals surface area contributed by atoms with Crippen LogP contribution in [0.5, 0.6) is 17.2 Å². The molecule has 0 N–H and O–H groups in total. The summed E-state index contributed by atoms with van der Waals surface area (Å²) in [6.07, 6.45) is 4.23. The molecule has 35 heavy (non-hydrogen) atoms. The van der Waals surface area contributed by atoms with E-state index in [-0.39, 0.29) is 11.9 Å². The normalized spacial score (nSPS) is 16.6. The second kappa shape index (κ2) is 8.95. The first-order valence-electron chi connectivity index (χ1n) is 11.8. The first-order valence-corrected chi connectivity index (χ1v) is 11.8. The Balaban J connectivity index is 1.65. The molecule has 0 bridgehead atoms. The van der Waals surface area contributed by atoms with Gasteiger partial charge >= 0.3 is 5.97 Å². The van der Waals surface area contributed by atoms with E-state index in [0.29, 0.717) is 5.75 Å². The number of rotatable bonds is 5. The number of carbonyl (C=O) groups is 1. The summed E-state index contributed by atoms with van der Waals surface area (Å²) in [5.74, 6) is 1.65. The van der Waals surface area contributed by atoms with Gasteiger partial charge in [-0.2, -0.15) is 0 Å². The van der Waals surface area contributed by atoms with E-state index in [2.05, 4.69) is 31.2 Å². The number of fused-ring (bicyclic) bond motifs is 3. The molecule has 5 rings (SSSR count). The van der Waals surface area contributed by atoms with E-state index in [1.54, 1.807) is 7.11 Å². The van der Waals surface area contributed by atoms with Crippen LogP contribution in [0.2, 0.25) is 0 Å². The van der Waals surface area contributed by atoms with Crippen molar-refractivity contribution < 1.29 is 19.0 Å². The summed E-state index contributed by atoms with van der Waals surface area (Å²) in [5, 5.41) is 2.02. The van der Waals surface area contributed by atoms with Gasteiger partial charge in [-0.15, -0.1) is 0 Å². The Morgan fingerprint density at radius 1 is 0.914 bits per heavy atom. The summed E-state index contributed by atoms with van der Waals surface area (Å²) in [6, 6.07) is 26.1. The van der Waals surface area contributed by atoms with Crippen molar-refractivity contribution in [2.75, 3.05) is 7.11 Å². The van der Waals surface area contributed by atoms with Crippen molar-refractivity contribution in [1.29, 1.82) is 0 Å². The van der Waals surface area contributed by atoms with Crippen molar-refractivity contribution in [2.24, 2.45) is 5.92 Å². The fraction of sp³-hybridized carbons (Fsp3) is 0.194. The summed E-state index contributed by atoms with van der Waals surface area (Å²) < 4.78 is 17.8. The minimum atomic E-state index is -0.792. The summed E-state index contributed by atoms with van der Waals surface area (Å²) in [6.45, 7) is 5.75. The van der Waals surface area contributed by atoms with Gasteiger partial charge in [0, 0.05) is 16.7 Å². The van der Waals surface area contributed by atoms with Gasteiger partial charge in [-0.25, -0.2) is 0 Å². The third kappa shape index (κ3) is 4.06. The van der Waals surface area contributed by atoms with E-state index in [0.717, 1.165) is 44.5 Å². The Labute approximate surface area is 205 Å². The predicted octanol–water partition coefficient (Wildman–Crippen LogP) is 7.07. The van der Waals surface area contributed by atoms with Crippen molar-refractivity contribution in [3.63, 3.8) is 0 Å². The quantitative estimate of drug-likeness (QED) is 0.234. The summed E-state index contributed by atoms with van der Waals surface area (Å²) >= 11 is 0. The van der Waals surface area contributed by atoms with E-state index < -0.39 is 5.60 Å². The molecule has 4 aromatic rings. The minimum Gasteiger partial charge on any atom is -0.497 e. The average molecular weight is 465 g/mol. The minimum absolute atomic E-state index is 0.196. The fourth-order valence-corrected chi connectivity index (χ4v) is 4.55. The molecule has 0 saturated carbocycles. The van der Waals surface area contributed by atoms with Gasteiger partial charge in [-0.05, 0) is 65.7 Å². The third-order valence-corrected chi connectivity index (χ3v) is 6.50. The van der Waals surface area contributed by atoms with Crippen LogP contribution in [0.1, 0.15) is 36.1 Å². The highest BCUT2D eigenvalue weighted by atomic mass is 16.5. The Bertz CT molecular complexity index is 1430. The number of ether oxygens (including phenoxy) is 3. The molecular weight excluding hydrogens is 436 g/mol. The molecule has 4 nitrogen and oxygen atoms in total. The molecule has 0 aliphatic carbocycles. The summed E-state index contributed by atoms with van der Waals surface area (Å²) in [7, 11) is 1.66. The van der Waals surface area contributed by atoms with Gasteiger partial charge in [0.05, 0.1) is 13.0 Å². The lowest BCUT2D eigenvalue weighted by Gasteiger charge is -2.37. The molecule has 1 atom stereocenters. The van der Waals surface area contributed by atoms with Crippen molar-refractivity contribution in [3.8, 4) is 17.2 Å². The Morgan fingerprint density at radius 3 is 2.34 bits per heavy atom. The van der Waals surface area contributed by atoms with Gasteiger partial charge in [-0.1, -0.05) is 62.4 Å². The van der Waals surface area contributed by atoms with Crippen LogP contribution in [-0.4, -0.2) is 13.1 Å². The highest BCUT2D eigenvalue weighted by Gasteiger charge is 2.38. The zero-order chi connectivity index (χ0) is 24.6.